The minimum atomic E-state index is -4.16. The van der Waals surface area contributed by atoms with Gasteiger partial charge in [-0.2, -0.15) is 4.31 Å². The van der Waals surface area contributed by atoms with E-state index in [0.717, 1.165) is 24.3 Å². The first-order valence-electron chi connectivity index (χ1n) is 10.2. The largest absolute Gasteiger partial charge is 0.388 e. The SMILES string of the molecule is C[C@@]1(O)CCN(S(=O)(=O)c2cccc(F)c2)[C@@H](c2cccs2)[C@@H]1NC(=O)c1ccc(F)cc1. The molecule has 0 bridgehead atoms. The molecule has 0 aliphatic carbocycles. The fourth-order valence-corrected chi connectivity index (χ4v) is 6.59. The summed E-state index contributed by atoms with van der Waals surface area (Å²) in [6.45, 7) is 1.51. The Labute approximate surface area is 194 Å². The number of hydrogen-bond acceptors (Lipinski definition) is 5. The Bertz CT molecular complexity index is 1250. The van der Waals surface area contributed by atoms with Gasteiger partial charge in [-0.3, -0.25) is 4.79 Å². The van der Waals surface area contributed by atoms with E-state index in [4.69, 9.17) is 0 Å². The molecule has 3 aromatic rings. The van der Waals surface area contributed by atoms with Crippen LogP contribution in [0.4, 0.5) is 8.78 Å². The molecule has 0 unspecified atom stereocenters. The Morgan fingerprint density at radius 1 is 1.12 bits per heavy atom. The van der Waals surface area contributed by atoms with Crippen molar-refractivity contribution in [2.24, 2.45) is 0 Å². The van der Waals surface area contributed by atoms with Crippen molar-refractivity contribution in [2.45, 2.75) is 35.9 Å². The zero-order valence-corrected chi connectivity index (χ0v) is 19.2. The molecule has 1 saturated heterocycles. The first-order valence-corrected chi connectivity index (χ1v) is 12.5. The Morgan fingerprint density at radius 3 is 2.48 bits per heavy atom. The lowest BCUT2D eigenvalue weighted by Crippen LogP contribution is -2.63. The molecule has 1 aliphatic rings. The zero-order chi connectivity index (χ0) is 23.8. The van der Waals surface area contributed by atoms with Crippen LogP contribution in [0.25, 0.3) is 0 Å². The highest BCUT2D eigenvalue weighted by atomic mass is 32.2. The van der Waals surface area contributed by atoms with Crippen molar-refractivity contribution in [3.05, 3.63) is 88.1 Å². The van der Waals surface area contributed by atoms with Gasteiger partial charge in [0.2, 0.25) is 10.0 Å². The highest BCUT2D eigenvalue weighted by Gasteiger charge is 2.50. The summed E-state index contributed by atoms with van der Waals surface area (Å²) >= 11 is 1.28. The number of amides is 1. The number of rotatable bonds is 5. The molecule has 2 aromatic carbocycles. The molecule has 2 N–H and O–H groups in total. The van der Waals surface area contributed by atoms with E-state index in [-0.39, 0.29) is 23.4 Å². The first kappa shape index (κ1) is 23.5. The topological polar surface area (TPSA) is 86.7 Å². The van der Waals surface area contributed by atoms with Gasteiger partial charge in [0.1, 0.15) is 11.6 Å². The maximum atomic E-state index is 13.8. The summed E-state index contributed by atoms with van der Waals surface area (Å²) in [5.74, 6) is -1.76. The van der Waals surface area contributed by atoms with Gasteiger partial charge < -0.3 is 10.4 Å². The standard InChI is InChI=1S/C23H22F2N2O4S2/c1-23(29)11-12-27(33(30,31)18-5-2-4-17(25)14-18)20(19-6-3-13-32-19)21(23)26-22(28)15-7-9-16(24)10-8-15/h2-10,13-14,20-21,29H,11-12H2,1H3,(H,26,28)/t20-,21-,23+/m0/s1. The second-order valence-electron chi connectivity index (χ2n) is 8.10. The number of aliphatic hydroxyl groups is 1. The molecule has 1 fully saturated rings. The molecule has 33 heavy (non-hydrogen) atoms. The fourth-order valence-electron chi connectivity index (χ4n) is 4.00. The number of hydrogen-bond donors (Lipinski definition) is 2. The lowest BCUT2D eigenvalue weighted by atomic mass is 9.83. The fraction of sp³-hybridized carbons (Fsp3) is 0.261. The predicted octanol–water partition coefficient (Wildman–Crippen LogP) is 3.71. The van der Waals surface area contributed by atoms with E-state index in [1.807, 2.05) is 0 Å². The van der Waals surface area contributed by atoms with Crippen LogP contribution in [-0.2, 0) is 10.0 Å². The summed E-state index contributed by atoms with van der Waals surface area (Å²) < 4.78 is 55.3. The number of halogens is 2. The Morgan fingerprint density at radius 2 is 1.85 bits per heavy atom. The minimum absolute atomic E-state index is 0.0304. The van der Waals surface area contributed by atoms with Crippen LogP contribution in [0.2, 0.25) is 0 Å². The maximum absolute atomic E-state index is 13.8. The minimum Gasteiger partial charge on any atom is -0.388 e. The summed E-state index contributed by atoms with van der Waals surface area (Å²) in [7, 11) is -4.16. The van der Waals surface area contributed by atoms with Gasteiger partial charge in [-0.05, 0) is 67.3 Å². The van der Waals surface area contributed by atoms with Crippen molar-refractivity contribution in [3.8, 4) is 0 Å². The average Bonchev–Trinajstić information content (AvgIpc) is 3.29. The highest BCUT2D eigenvalue weighted by Crippen LogP contribution is 2.41. The number of carbonyl (C=O) groups is 1. The van der Waals surface area contributed by atoms with E-state index in [9.17, 15) is 27.1 Å². The van der Waals surface area contributed by atoms with Crippen molar-refractivity contribution in [1.29, 1.82) is 0 Å². The van der Waals surface area contributed by atoms with Gasteiger partial charge in [0.25, 0.3) is 5.91 Å². The van der Waals surface area contributed by atoms with Crippen molar-refractivity contribution in [2.75, 3.05) is 6.54 Å². The number of nitrogens with one attached hydrogen (secondary N) is 1. The third kappa shape index (κ3) is 4.70. The Kier molecular flexibility index (Phi) is 6.37. The van der Waals surface area contributed by atoms with Crippen molar-refractivity contribution >= 4 is 27.3 Å². The van der Waals surface area contributed by atoms with Crippen LogP contribution in [0, 0.1) is 11.6 Å². The van der Waals surface area contributed by atoms with Crippen LogP contribution in [0.3, 0.4) is 0 Å². The maximum Gasteiger partial charge on any atom is 0.251 e. The van der Waals surface area contributed by atoms with Gasteiger partial charge in [0, 0.05) is 17.0 Å². The smallest absolute Gasteiger partial charge is 0.251 e. The third-order valence-corrected chi connectivity index (χ3v) is 8.58. The van der Waals surface area contributed by atoms with Crippen LogP contribution in [-0.4, -0.2) is 41.9 Å². The van der Waals surface area contributed by atoms with E-state index < -0.39 is 45.2 Å². The molecule has 0 radical (unpaired) electrons. The lowest BCUT2D eigenvalue weighted by Gasteiger charge is -2.47. The van der Waals surface area contributed by atoms with Gasteiger partial charge in [0.15, 0.2) is 0 Å². The van der Waals surface area contributed by atoms with Gasteiger partial charge in [-0.15, -0.1) is 11.3 Å². The van der Waals surface area contributed by atoms with E-state index in [0.29, 0.717) is 4.88 Å². The molecule has 1 aromatic heterocycles. The van der Waals surface area contributed by atoms with Gasteiger partial charge >= 0.3 is 0 Å². The van der Waals surface area contributed by atoms with E-state index in [1.54, 1.807) is 17.5 Å². The number of carbonyl (C=O) groups excluding carboxylic acids is 1. The van der Waals surface area contributed by atoms with E-state index in [1.165, 1.54) is 46.8 Å². The summed E-state index contributed by atoms with van der Waals surface area (Å²) in [4.78, 5) is 13.3. The molecule has 4 rings (SSSR count). The van der Waals surface area contributed by atoms with Gasteiger partial charge in [0.05, 0.1) is 22.6 Å². The predicted molar refractivity (Wildman–Crippen MR) is 120 cm³/mol. The van der Waals surface area contributed by atoms with Crippen LogP contribution in [0.5, 0.6) is 0 Å². The van der Waals surface area contributed by atoms with Crippen LogP contribution in [0.15, 0.2) is 70.9 Å². The number of piperidine rings is 1. The first-order chi connectivity index (χ1) is 15.6. The van der Waals surface area contributed by atoms with Crippen LogP contribution >= 0.6 is 11.3 Å². The van der Waals surface area contributed by atoms with Crippen LogP contribution < -0.4 is 5.32 Å². The number of benzene rings is 2. The monoisotopic (exact) mass is 492 g/mol. The molecule has 174 valence electrons. The van der Waals surface area contributed by atoms with Crippen molar-refractivity contribution < 1.29 is 27.1 Å². The summed E-state index contributed by atoms with van der Waals surface area (Å²) in [5.41, 5.74) is -1.28. The molecule has 0 spiro atoms. The second kappa shape index (κ2) is 8.94. The molecule has 2 heterocycles. The lowest BCUT2D eigenvalue weighted by molar-refractivity contribution is -0.0411. The van der Waals surface area contributed by atoms with Crippen molar-refractivity contribution in [1.82, 2.24) is 9.62 Å². The highest BCUT2D eigenvalue weighted by molar-refractivity contribution is 7.89. The molecule has 3 atom stereocenters. The van der Waals surface area contributed by atoms with E-state index in [2.05, 4.69) is 5.32 Å². The van der Waals surface area contributed by atoms with Crippen molar-refractivity contribution in [3.63, 3.8) is 0 Å². The van der Waals surface area contributed by atoms with E-state index >= 15 is 0 Å². The Balaban J connectivity index is 1.76. The molecule has 1 amide bonds. The summed E-state index contributed by atoms with van der Waals surface area (Å²) in [6.07, 6.45) is 0.0395. The molecule has 6 nitrogen and oxygen atoms in total. The summed E-state index contributed by atoms with van der Waals surface area (Å²) in [5, 5.41) is 15.7. The van der Waals surface area contributed by atoms with Gasteiger partial charge in [-0.25, -0.2) is 17.2 Å². The molecule has 10 heteroatoms. The molecular formula is C23H22F2N2O4S2. The number of thiophene rings is 1. The number of sulfonamides is 1. The Hall–Kier alpha value is -2.66. The average molecular weight is 493 g/mol. The molecule has 1 aliphatic heterocycles. The quantitative estimate of drug-likeness (QED) is 0.569. The molecular weight excluding hydrogens is 470 g/mol. The second-order valence-corrected chi connectivity index (χ2v) is 11.0. The molecule has 0 saturated carbocycles. The number of nitrogens with zero attached hydrogens (tertiary/aromatic N) is 1. The van der Waals surface area contributed by atoms with Gasteiger partial charge in [-0.1, -0.05) is 12.1 Å². The zero-order valence-electron chi connectivity index (χ0n) is 17.6. The normalized spacial score (nSPS) is 23.9. The third-order valence-electron chi connectivity index (χ3n) is 5.76. The summed E-state index contributed by atoms with van der Waals surface area (Å²) in [6, 6.07) is 11.1. The van der Waals surface area contributed by atoms with Crippen LogP contribution in [0.1, 0.15) is 34.6 Å².